The van der Waals surface area contributed by atoms with Gasteiger partial charge in [0.1, 0.15) is 0 Å². The Morgan fingerprint density at radius 3 is 2.55 bits per heavy atom. The Labute approximate surface area is 122 Å². The Kier molecular flexibility index (Phi) is 4.36. The Morgan fingerprint density at radius 1 is 1.35 bits per heavy atom. The fourth-order valence-corrected chi connectivity index (χ4v) is 3.20. The predicted molar refractivity (Wildman–Crippen MR) is 84.3 cm³/mol. The van der Waals surface area contributed by atoms with Crippen LogP contribution in [-0.4, -0.2) is 30.9 Å². The highest BCUT2D eigenvalue weighted by atomic mass is 16.2. The van der Waals surface area contributed by atoms with Gasteiger partial charge in [-0.25, -0.2) is 0 Å². The zero-order valence-corrected chi connectivity index (χ0v) is 13.1. The molecule has 20 heavy (non-hydrogen) atoms. The molecule has 1 aromatic carbocycles. The lowest BCUT2D eigenvalue weighted by Crippen LogP contribution is -2.31. The van der Waals surface area contributed by atoms with Gasteiger partial charge in [-0.05, 0) is 55.4 Å². The molecule has 0 unspecified atom stereocenters. The number of amides is 1. The van der Waals surface area contributed by atoms with Gasteiger partial charge in [-0.2, -0.15) is 0 Å². The SMILES string of the molecule is CCC1(CC)CCN(C(=O)c2ccc(NC)c(C)c2)C1. The number of benzene rings is 1. The minimum Gasteiger partial charge on any atom is -0.388 e. The summed E-state index contributed by atoms with van der Waals surface area (Å²) in [6.45, 7) is 8.32. The molecule has 1 saturated heterocycles. The highest BCUT2D eigenvalue weighted by Gasteiger charge is 2.37. The molecule has 0 atom stereocenters. The predicted octanol–water partition coefficient (Wildman–Crippen LogP) is 3.69. The molecule has 1 aliphatic heterocycles. The molecule has 0 spiro atoms. The van der Waals surface area contributed by atoms with Crippen LogP contribution < -0.4 is 5.32 Å². The van der Waals surface area contributed by atoms with Crippen molar-refractivity contribution in [3.63, 3.8) is 0 Å². The molecule has 1 amide bonds. The highest BCUT2D eigenvalue weighted by Crippen LogP contribution is 2.37. The van der Waals surface area contributed by atoms with E-state index in [4.69, 9.17) is 0 Å². The Morgan fingerprint density at radius 2 is 2.05 bits per heavy atom. The van der Waals surface area contributed by atoms with Crippen molar-refractivity contribution in [2.45, 2.75) is 40.0 Å². The van der Waals surface area contributed by atoms with Gasteiger partial charge in [-0.1, -0.05) is 13.8 Å². The second-order valence-electron chi connectivity index (χ2n) is 5.96. The number of hydrogen-bond donors (Lipinski definition) is 1. The van der Waals surface area contributed by atoms with Crippen LogP contribution in [0.2, 0.25) is 0 Å². The summed E-state index contributed by atoms with van der Waals surface area (Å²) in [6, 6.07) is 5.91. The van der Waals surface area contributed by atoms with E-state index in [1.807, 2.05) is 37.1 Å². The molecular weight excluding hydrogens is 248 g/mol. The average Bonchev–Trinajstić information content (AvgIpc) is 2.91. The van der Waals surface area contributed by atoms with Crippen LogP contribution in [0.3, 0.4) is 0 Å². The molecule has 3 nitrogen and oxygen atoms in total. The fraction of sp³-hybridized carbons (Fsp3) is 0.588. The molecule has 0 bridgehead atoms. The number of rotatable bonds is 4. The average molecular weight is 274 g/mol. The summed E-state index contributed by atoms with van der Waals surface area (Å²) in [5, 5.41) is 3.14. The molecule has 3 heteroatoms. The quantitative estimate of drug-likeness (QED) is 0.908. The first-order valence-corrected chi connectivity index (χ1v) is 7.63. The standard InChI is InChI=1S/C17H26N2O/c1-5-17(6-2)9-10-19(12-17)16(20)14-7-8-15(18-4)13(3)11-14/h7-8,11,18H,5-6,9-10,12H2,1-4H3. The van der Waals surface area contributed by atoms with Crippen LogP contribution in [0.25, 0.3) is 0 Å². The lowest BCUT2D eigenvalue weighted by molar-refractivity contribution is 0.0770. The first-order valence-electron chi connectivity index (χ1n) is 7.63. The molecule has 1 aliphatic rings. The maximum absolute atomic E-state index is 12.6. The molecule has 0 aromatic heterocycles. The van der Waals surface area contributed by atoms with Crippen LogP contribution in [-0.2, 0) is 0 Å². The van der Waals surface area contributed by atoms with Crippen molar-refractivity contribution in [1.29, 1.82) is 0 Å². The van der Waals surface area contributed by atoms with Crippen LogP contribution >= 0.6 is 0 Å². The molecular formula is C17H26N2O. The van der Waals surface area contributed by atoms with Crippen molar-refractivity contribution in [2.75, 3.05) is 25.5 Å². The molecule has 0 saturated carbocycles. The Balaban J connectivity index is 2.15. The molecule has 2 rings (SSSR count). The first-order chi connectivity index (χ1) is 9.55. The number of hydrogen-bond acceptors (Lipinski definition) is 2. The van der Waals surface area contributed by atoms with Crippen molar-refractivity contribution in [3.05, 3.63) is 29.3 Å². The molecule has 0 aliphatic carbocycles. The van der Waals surface area contributed by atoms with Gasteiger partial charge in [0.2, 0.25) is 0 Å². The maximum atomic E-state index is 12.6. The van der Waals surface area contributed by atoms with E-state index in [0.29, 0.717) is 5.41 Å². The summed E-state index contributed by atoms with van der Waals surface area (Å²) in [4.78, 5) is 14.7. The summed E-state index contributed by atoms with van der Waals surface area (Å²) >= 11 is 0. The topological polar surface area (TPSA) is 32.3 Å². The van der Waals surface area contributed by atoms with Gasteiger partial charge in [-0.15, -0.1) is 0 Å². The number of carbonyl (C=O) groups excluding carboxylic acids is 1. The molecule has 1 N–H and O–H groups in total. The second-order valence-corrected chi connectivity index (χ2v) is 5.96. The third-order valence-corrected chi connectivity index (χ3v) is 4.97. The normalized spacial score (nSPS) is 17.3. The molecule has 1 aromatic rings. The fourth-order valence-electron chi connectivity index (χ4n) is 3.20. The van der Waals surface area contributed by atoms with Crippen molar-refractivity contribution in [3.8, 4) is 0 Å². The van der Waals surface area contributed by atoms with Gasteiger partial charge in [0.25, 0.3) is 5.91 Å². The van der Waals surface area contributed by atoms with Crippen LogP contribution in [0.15, 0.2) is 18.2 Å². The second kappa shape index (κ2) is 5.86. The smallest absolute Gasteiger partial charge is 0.253 e. The minimum atomic E-state index is 0.180. The number of likely N-dealkylation sites (tertiary alicyclic amines) is 1. The van der Waals surface area contributed by atoms with Crippen molar-refractivity contribution < 1.29 is 4.79 Å². The van der Waals surface area contributed by atoms with Gasteiger partial charge >= 0.3 is 0 Å². The number of aryl methyl sites for hydroxylation is 1. The third kappa shape index (κ3) is 2.67. The maximum Gasteiger partial charge on any atom is 0.253 e. The van der Waals surface area contributed by atoms with E-state index in [9.17, 15) is 4.79 Å². The van der Waals surface area contributed by atoms with Crippen LogP contribution in [0.5, 0.6) is 0 Å². The van der Waals surface area contributed by atoms with Crippen LogP contribution in [0.1, 0.15) is 49.0 Å². The number of anilines is 1. The van der Waals surface area contributed by atoms with E-state index in [2.05, 4.69) is 19.2 Å². The highest BCUT2D eigenvalue weighted by molar-refractivity contribution is 5.95. The summed E-state index contributed by atoms with van der Waals surface area (Å²) in [5.74, 6) is 0.180. The monoisotopic (exact) mass is 274 g/mol. The zero-order chi connectivity index (χ0) is 14.8. The summed E-state index contributed by atoms with van der Waals surface area (Å²) in [5.41, 5.74) is 3.36. The number of nitrogens with zero attached hydrogens (tertiary/aromatic N) is 1. The summed E-state index contributed by atoms with van der Waals surface area (Å²) < 4.78 is 0. The largest absolute Gasteiger partial charge is 0.388 e. The van der Waals surface area contributed by atoms with Crippen molar-refractivity contribution in [2.24, 2.45) is 5.41 Å². The van der Waals surface area contributed by atoms with E-state index in [-0.39, 0.29) is 5.91 Å². The molecule has 1 fully saturated rings. The number of nitrogens with one attached hydrogen (secondary N) is 1. The Hall–Kier alpha value is -1.51. The number of carbonyl (C=O) groups is 1. The molecule has 0 radical (unpaired) electrons. The summed E-state index contributed by atoms with van der Waals surface area (Å²) in [6.07, 6.45) is 3.45. The molecule has 1 heterocycles. The minimum absolute atomic E-state index is 0.180. The molecule has 110 valence electrons. The van der Waals surface area contributed by atoms with E-state index < -0.39 is 0 Å². The van der Waals surface area contributed by atoms with Crippen LogP contribution in [0, 0.1) is 12.3 Å². The van der Waals surface area contributed by atoms with E-state index in [1.54, 1.807) is 0 Å². The van der Waals surface area contributed by atoms with Crippen molar-refractivity contribution >= 4 is 11.6 Å². The van der Waals surface area contributed by atoms with Gasteiger partial charge in [0.05, 0.1) is 0 Å². The van der Waals surface area contributed by atoms with E-state index in [1.165, 1.54) is 0 Å². The van der Waals surface area contributed by atoms with E-state index >= 15 is 0 Å². The van der Waals surface area contributed by atoms with Gasteiger partial charge < -0.3 is 10.2 Å². The third-order valence-electron chi connectivity index (χ3n) is 4.97. The first kappa shape index (κ1) is 14.9. The lowest BCUT2D eigenvalue weighted by atomic mass is 9.82. The summed E-state index contributed by atoms with van der Waals surface area (Å²) in [7, 11) is 1.90. The van der Waals surface area contributed by atoms with Gasteiger partial charge in [0, 0.05) is 31.4 Å². The van der Waals surface area contributed by atoms with Crippen LogP contribution in [0.4, 0.5) is 5.69 Å². The lowest BCUT2D eigenvalue weighted by Gasteiger charge is -2.26. The zero-order valence-electron chi connectivity index (χ0n) is 13.1. The van der Waals surface area contributed by atoms with E-state index in [0.717, 1.165) is 49.2 Å². The van der Waals surface area contributed by atoms with Gasteiger partial charge in [-0.3, -0.25) is 4.79 Å². The van der Waals surface area contributed by atoms with Gasteiger partial charge in [0.15, 0.2) is 0 Å². The van der Waals surface area contributed by atoms with Crippen molar-refractivity contribution in [1.82, 2.24) is 4.90 Å². The Bertz CT molecular complexity index is 492.